The second kappa shape index (κ2) is 6.53. The van der Waals surface area contributed by atoms with Crippen LogP contribution < -0.4 is 14.8 Å². The zero-order valence-corrected chi connectivity index (χ0v) is 13.3. The molecule has 0 atom stereocenters. The molecule has 6 nitrogen and oxygen atoms in total. The highest BCUT2D eigenvalue weighted by Gasteiger charge is 2.14. The molecule has 0 unspecified atom stereocenters. The van der Waals surface area contributed by atoms with Gasteiger partial charge in [0.05, 0.1) is 14.2 Å². The Balaban J connectivity index is 1.77. The van der Waals surface area contributed by atoms with Gasteiger partial charge in [-0.3, -0.25) is 10.1 Å². The van der Waals surface area contributed by atoms with Gasteiger partial charge in [-0.05, 0) is 29.6 Å². The van der Waals surface area contributed by atoms with Crippen LogP contribution in [0, 0.1) is 0 Å². The van der Waals surface area contributed by atoms with Gasteiger partial charge in [0.25, 0.3) is 5.91 Å². The fraction of sp³-hybridized carbons (Fsp3) is 0.125. The Labute approximate surface area is 136 Å². The number of anilines is 1. The van der Waals surface area contributed by atoms with Gasteiger partial charge in [0.2, 0.25) is 5.88 Å². The molecule has 23 heavy (non-hydrogen) atoms. The quantitative estimate of drug-likeness (QED) is 0.772. The molecule has 0 aliphatic heterocycles. The van der Waals surface area contributed by atoms with Gasteiger partial charge in [-0.25, -0.2) is 0 Å². The smallest absolute Gasteiger partial charge is 0.258 e. The third kappa shape index (κ3) is 3.19. The van der Waals surface area contributed by atoms with Crippen molar-refractivity contribution in [3.63, 3.8) is 0 Å². The van der Waals surface area contributed by atoms with Crippen molar-refractivity contribution in [3.8, 4) is 22.8 Å². The molecule has 1 N–H and O–H groups in total. The van der Waals surface area contributed by atoms with Gasteiger partial charge in [-0.2, -0.15) is 11.3 Å². The molecule has 0 radical (unpaired) electrons. The van der Waals surface area contributed by atoms with E-state index in [1.54, 1.807) is 35.6 Å². The van der Waals surface area contributed by atoms with Crippen molar-refractivity contribution >= 4 is 23.1 Å². The maximum atomic E-state index is 12.3. The molecule has 1 amide bonds. The van der Waals surface area contributed by atoms with Crippen LogP contribution in [0.15, 0.2) is 45.6 Å². The van der Waals surface area contributed by atoms with Gasteiger partial charge in [0, 0.05) is 22.6 Å². The Morgan fingerprint density at radius 1 is 1.17 bits per heavy atom. The molecule has 118 valence electrons. The number of carbonyl (C=O) groups is 1. The molecule has 0 saturated heterocycles. The number of thiophene rings is 1. The average Bonchev–Trinajstić information content (AvgIpc) is 3.25. The number of benzene rings is 1. The van der Waals surface area contributed by atoms with Crippen LogP contribution in [0.4, 0.5) is 5.88 Å². The molecule has 0 fully saturated rings. The monoisotopic (exact) mass is 330 g/mol. The summed E-state index contributed by atoms with van der Waals surface area (Å²) in [6, 6.07) is 8.53. The minimum Gasteiger partial charge on any atom is -0.493 e. The van der Waals surface area contributed by atoms with Crippen LogP contribution in [0.5, 0.6) is 11.5 Å². The first-order chi connectivity index (χ1) is 11.2. The Hall–Kier alpha value is -2.80. The van der Waals surface area contributed by atoms with E-state index in [1.807, 2.05) is 16.8 Å². The summed E-state index contributed by atoms with van der Waals surface area (Å²) in [7, 11) is 3.06. The number of hydrogen-bond donors (Lipinski definition) is 1. The highest BCUT2D eigenvalue weighted by molar-refractivity contribution is 7.08. The second-order valence-corrected chi connectivity index (χ2v) is 5.39. The topological polar surface area (TPSA) is 73.6 Å². The van der Waals surface area contributed by atoms with Gasteiger partial charge >= 0.3 is 0 Å². The second-order valence-electron chi connectivity index (χ2n) is 4.61. The number of nitrogens with one attached hydrogen (secondary N) is 1. The fourth-order valence-electron chi connectivity index (χ4n) is 2.04. The van der Waals surface area contributed by atoms with Crippen LogP contribution in [0.3, 0.4) is 0 Å². The number of methoxy groups -OCH3 is 2. The summed E-state index contributed by atoms with van der Waals surface area (Å²) >= 11 is 1.57. The SMILES string of the molecule is COc1ccc(C(=O)Nc2cc(-c3ccsc3)no2)cc1OC. The fourth-order valence-corrected chi connectivity index (χ4v) is 2.69. The number of aromatic nitrogens is 1. The molecule has 1 aromatic carbocycles. The molecule has 0 bridgehead atoms. The Morgan fingerprint density at radius 2 is 2.00 bits per heavy atom. The number of ether oxygens (including phenoxy) is 2. The van der Waals surface area contributed by atoms with E-state index in [9.17, 15) is 4.79 Å². The van der Waals surface area contributed by atoms with Crippen LogP contribution in [0.2, 0.25) is 0 Å². The van der Waals surface area contributed by atoms with Crippen molar-refractivity contribution in [3.05, 3.63) is 46.7 Å². The highest BCUT2D eigenvalue weighted by atomic mass is 32.1. The predicted octanol–water partition coefficient (Wildman–Crippen LogP) is 3.67. The summed E-state index contributed by atoms with van der Waals surface area (Å²) in [5.41, 5.74) is 2.05. The van der Waals surface area contributed by atoms with E-state index < -0.39 is 0 Å². The average molecular weight is 330 g/mol. The lowest BCUT2D eigenvalue weighted by atomic mass is 10.2. The predicted molar refractivity (Wildman–Crippen MR) is 87.3 cm³/mol. The largest absolute Gasteiger partial charge is 0.493 e. The van der Waals surface area contributed by atoms with E-state index in [1.165, 1.54) is 14.2 Å². The number of rotatable bonds is 5. The number of nitrogens with zero attached hydrogens (tertiary/aromatic N) is 1. The first kappa shape index (κ1) is 15.1. The lowest BCUT2D eigenvalue weighted by Crippen LogP contribution is -2.11. The molecule has 0 aliphatic rings. The van der Waals surface area contributed by atoms with Crippen molar-refractivity contribution in [1.29, 1.82) is 0 Å². The van der Waals surface area contributed by atoms with E-state index in [-0.39, 0.29) is 11.8 Å². The molecule has 7 heteroatoms. The molecule has 0 spiro atoms. The van der Waals surface area contributed by atoms with E-state index in [4.69, 9.17) is 14.0 Å². The van der Waals surface area contributed by atoms with E-state index >= 15 is 0 Å². The van der Waals surface area contributed by atoms with Crippen molar-refractivity contribution < 1.29 is 18.8 Å². The third-order valence-electron chi connectivity index (χ3n) is 3.21. The minimum absolute atomic E-state index is 0.283. The minimum atomic E-state index is -0.320. The first-order valence-electron chi connectivity index (χ1n) is 6.74. The normalized spacial score (nSPS) is 10.3. The molecule has 3 aromatic rings. The van der Waals surface area contributed by atoms with Crippen molar-refractivity contribution in [2.75, 3.05) is 19.5 Å². The standard InChI is InChI=1S/C16H14N2O4S/c1-20-13-4-3-10(7-14(13)21-2)16(19)17-15-8-12(18-22-15)11-5-6-23-9-11/h3-9H,1-2H3,(H,17,19). The molecule has 2 aromatic heterocycles. The molecule has 3 rings (SSSR count). The maximum absolute atomic E-state index is 12.3. The Kier molecular flexibility index (Phi) is 4.29. The summed E-state index contributed by atoms with van der Waals surface area (Å²) in [5.74, 6) is 1.00. The van der Waals surface area contributed by atoms with Crippen LogP contribution in [0.25, 0.3) is 11.3 Å². The highest BCUT2D eigenvalue weighted by Crippen LogP contribution is 2.28. The van der Waals surface area contributed by atoms with Gasteiger partial charge < -0.3 is 14.0 Å². The Bertz CT molecular complexity index is 811. The van der Waals surface area contributed by atoms with E-state index in [2.05, 4.69) is 10.5 Å². The van der Waals surface area contributed by atoms with Crippen LogP contribution >= 0.6 is 11.3 Å². The van der Waals surface area contributed by atoms with E-state index in [0.29, 0.717) is 22.8 Å². The summed E-state index contributed by atoms with van der Waals surface area (Å²) in [5, 5.41) is 10.5. The third-order valence-corrected chi connectivity index (χ3v) is 3.89. The van der Waals surface area contributed by atoms with Crippen LogP contribution in [-0.4, -0.2) is 25.3 Å². The molecule has 2 heterocycles. The summed E-state index contributed by atoms with van der Waals surface area (Å²) in [6.45, 7) is 0. The molecular formula is C16H14N2O4S. The summed E-state index contributed by atoms with van der Waals surface area (Å²) in [6.07, 6.45) is 0. The van der Waals surface area contributed by atoms with Gasteiger partial charge in [-0.15, -0.1) is 0 Å². The zero-order valence-electron chi connectivity index (χ0n) is 12.5. The zero-order chi connectivity index (χ0) is 16.2. The van der Waals surface area contributed by atoms with Crippen LogP contribution in [0.1, 0.15) is 10.4 Å². The van der Waals surface area contributed by atoms with Gasteiger partial charge in [0.1, 0.15) is 5.69 Å². The van der Waals surface area contributed by atoms with E-state index in [0.717, 1.165) is 5.56 Å². The maximum Gasteiger partial charge on any atom is 0.258 e. The number of hydrogen-bond acceptors (Lipinski definition) is 6. The van der Waals surface area contributed by atoms with Gasteiger partial charge in [0.15, 0.2) is 11.5 Å². The van der Waals surface area contributed by atoms with Crippen LogP contribution in [-0.2, 0) is 0 Å². The molecule has 0 aliphatic carbocycles. The molecule has 0 saturated carbocycles. The lowest BCUT2D eigenvalue weighted by molar-refractivity contribution is 0.102. The molecular weight excluding hydrogens is 316 g/mol. The lowest BCUT2D eigenvalue weighted by Gasteiger charge is -2.08. The van der Waals surface area contributed by atoms with Gasteiger partial charge in [-0.1, -0.05) is 5.16 Å². The summed E-state index contributed by atoms with van der Waals surface area (Å²) in [4.78, 5) is 12.3. The van der Waals surface area contributed by atoms with Crippen molar-refractivity contribution in [1.82, 2.24) is 5.16 Å². The van der Waals surface area contributed by atoms with Crippen molar-refractivity contribution in [2.24, 2.45) is 0 Å². The number of carbonyl (C=O) groups excluding carboxylic acids is 1. The summed E-state index contributed by atoms with van der Waals surface area (Å²) < 4.78 is 15.5. The van der Waals surface area contributed by atoms with Crippen molar-refractivity contribution in [2.45, 2.75) is 0 Å². The Morgan fingerprint density at radius 3 is 2.70 bits per heavy atom. The number of amides is 1. The first-order valence-corrected chi connectivity index (χ1v) is 7.68.